The number of aromatic carboxylic acids is 1. The van der Waals surface area contributed by atoms with E-state index in [9.17, 15) is 9.90 Å². The molecule has 0 aromatic carbocycles. The summed E-state index contributed by atoms with van der Waals surface area (Å²) >= 11 is 0. The van der Waals surface area contributed by atoms with Gasteiger partial charge in [0.1, 0.15) is 5.56 Å². The summed E-state index contributed by atoms with van der Waals surface area (Å²) in [5, 5.41) is 17.8. The maximum Gasteiger partial charge on any atom is 0.339 e. The van der Waals surface area contributed by atoms with Crippen molar-refractivity contribution in [2.24, 2.45) is 5.92 Å². The first kappa shape index (κ1) is 14.8. The Hall–Kier alpha value is -1.65. The molecule has 20 heavy (non-hydrogen) atoms. The van der Waals surface area contributed by atoms with Crippen LogP contribution in [0.15, 0.2) is 0 Å². The minimum atomic E-state index is -0.925. The van der Waals surface area contributed by atoms with Crippen LogP contribution in [0.1, 0.15) is 54.2 Å². The number of rotatable bonds is 3. The summed E-state index contributed by atoms with van der Waals surface area (Å²) in [6.45, 7) is 5.83. The third-order valence-electron chi connectivity index (χ3n) is 4.55. The van der Waals surface area contributed by atoms with Crippen LogP contribution in [0.25, 0.3) is 0 Å². The van der Waals surface area contributed by atoms with E-state index < -0.39 is 5.97 Å². The van der Waals surface area contributed by atoms with Crippen LogP contribution in [-0.4, -0.2) is 34.4 Å². The zero-order valence-corrected chi connectivity index (χ0v) is 12.7. The Morgan fingerprint density at radius 2 is 1.90 bits per heavy atom. The van der Waals surface area contributed by atoms with E-state index >= 15 is 0 Å². The average molecular weight is 277 g/mol. The predicted octanol–water partition coefficient (Wildman–Crippen LogP) is 2.81. The summed E-state index contributed by atoms with van der Waals surface area (Å²) in [5.74, 6) is 0.129. The van der Waals surface area contributed by atoms with Crippen molar-refractivity contribution in [3.63, 3.8) is 0 Å². The number of hydrogen-bond donors (Lipinski definition) is 1. The van der Waals surface area contributed by atoms with Crippen molar-refractivity contribution < 1.29 is 9.90 Å². The number of carboxylic acids is 1. The molecule has 110 valence electrons. The fourth-order valence-electron chi connectivity index (χ4n) is 3.13. The largest absolute Gasteiger partial charge is 0.478 e. The third kappa shape index (κ3) is 2.62. The van der Waals surface area contributed by atoms with E-state index in [2.05, 4.69) is 17.1 Å². The van der Waals surface area contributed by atoms with Crippen LogP contribution < -0.4 is 4.90 Å². The maximum absolute atomic E-state index is 11.6. The molecule has 5 heteroatoms. The van der Waals surface area contributed by atoms with E-state index in [1.165, 1.54) is 19.3 Å². The van der Waals surface area contributed by atoms with Crippen LogP contribution in [0.4, 0.5) is 5.82 Å². The second-order valence-corrected chi connectivity index (χ2v) is 5.85. The highest BCUT2D eigenvalue weighted by atomic mass is 16.4. The Bertz CT molecular complexity index is 516. The Morgan fingerprint density at radius 1 is 1.25 bits per heavy atom. The number of carboxylic acid groups (broad SMARTS) is 1. The quantitative estimate of drug-likeness (QED) is 0.920. The van der Waals surface area contributed by atoms with Gasteiger partial charge in [-0.2, -0.15) is 5.10 Å². The van der Waals surface area contributed by atoms with E-state index in [-0.39, 0.29) is 5.56 Å². The van der Waals surface area contributed by atoms with E-state index in [4.69, 9.17) is 0 Å². The zero-order valence-electron chi connectivity index (χ0n) is 12.7. The first-order chi connectivity index (χ1) is 9.43. The van der Waals surface area contributed by atoms with Gasteiger partial charge < -0.3 is 10.0 Å². The summed E-state index contributed by atoms with van der Waals surface area (Å²) in [7, 11) is 1.94. The van der Waals surface area contributed by atoms with Crippen LogP contribution in [0, 0.1) is 19.8 Å². The van der Waals surface area contributed by atoms with Crippen molar-refractivity contribution in [2.75, 3.05) is 11.9 Å². The smallest absolute Gasteiger partial charge is 0.339 e. The second-order valence-electron chi connectivity index (χ2n) is 5.85. The van der Waals surface area contributed by atoms with Crippen LogP contribution in [0.5, 0.6) is 0 Å². The van der Waals surface area contributed by atoms with E-state index in [1.807, 2.05) is 11.9 Å². The van der Waals surface area contributed by atoms with Gasteiger partial charge in [0.15, 0.2) is 5.82 Å². The normalized spacial score (nSPS) is 22.6. The van der Waals surface area contributed by atoms with Crippen molar-refractivity contribution in [1.82, 2.24) is 10.2 Å². The molecule has 0 saturated heterocycles. The second kappa shape index (κ2) is 5.77. The van der Waals surface area contributed by atoms with Gasteiger partial charge in [0.05, 0.1) is 5.69 Å². The van der Waals surface area contributed by atoms with Gasteiger partial charge in [-0.3, -0.25) is 0 Å². The van der Waals surface area contributed by atoms with Crippen LogP contribution >= 0.6 is 0 Å². The van der Waals surface area contributed by atoms with Crippen molar-refractivity contribution in [1.29, 1.82) is 0 Å². The summed E-state index contributed by atoms with van der Waals surface area (Å²) in [5.41, 5.74) is 1.67. The molecule has 1 aliphatic rings. The molecule has 1 aliphatic carbocycles. The van der Waals surface area contributed by atoms with Crippen molar-refractivity contribution in [3.8, 4) is 0 Å². The molecule has 0 amide bonds. The highest BCUT2D eigenvalue weighted by Gasteiger charge is 2.29. The van der Waals surface area contributed by atoms with Crippen LogP contribution in [0.2, 0.25) is 0 Å². The summed E-state index contributed by atoms with van der Waals surface area (Å²) in [6, 6.07) is 0.346. The van der Waals surface area contributed by atoms with E-state index in [1.54, 1.807) is 13.8 Å². The van der Waals surface area contributed by atoms with E-state index in [0.717, 1.165) is 6.42 Å². The van der Waals surface area contributed by atoms with Gasteiger partial charge in [-0.15, -0.1) is 5.10 Å². The molecule has 0 radical (unpaired) electrons. The molecule has 5 nitrogen and oxygen atoms in total. The monoisotopic (exact) mass is 277 g/mol. The minimum Gasteiger partial charge on any atom is -0.478 e. The van der Waals surface area contributed by atoms with Gasteiger partial charge in [-0.1, -0.05) is 19.8 Å². The zero-order chi connectivity index (χ0) is 14.9. The lowest BCUT2D eigenvalue weighted by molar-refractivity contribution is 0.0695. The van der Waals surface area contributed by atoms with Gasteiger partial charge in [-0.05, 0) is 38.2 Å². The first-order valence-corrected chi connectivity index (χ1v) is 7.23. The molecule has 1 N–H and O–H groups in total. The maximum atomic E-state index is 11.6. The predicted molar refractivity (Wildman–Crippen MR) is 78.3 cm³/mol. The van der Waals surface area contributed by atoms with Crippen molar-refractivity contribution in [2.45, 2.75) is 52.5 Å². The molecular weight excluding hydrogens is 254 g/mol. The number of anilines is 1. The van der Waals surface area contributed by atoms with Gasteiger partial charge in [0, 0.05) is 13.1 Å². The molecule has 1 aromatic heterocycles. The summed E-state index contributed by atoms with van der Waals surface area (Å²) in [4.78, 5) is 13.6. The van der Waals surface area contributed by atoms with Gasteiger partial charge in [-0.25, -0.2) is 4.79 Å². The van der Waals surface area contributed by atoms with Gasteiger partial charge in [0.2, 0.25) is 0 Å². The van der Waals surface area contributed by atoms with Gasteiger partial charge >= 0.3 is 5.97 Å². The molecule has 0 spiro atoms. The van der Waals surface area contributed by atoms with Crippen molar-refractivity contribution >= 4 is 11.8 Å². The summed E-state index contributed by atoms with van der Waals surface area (Å²) in [6.07, 6.45) is 4.73. The fraction of sp³-hybridized carbons (Fsp3) is 0.667. The molecule has 1 aromatic rings. The molecule has 1 heterocycles. The lowest BCUT2D eigenvalue weighted by Crippen LogP contribution is -2.40. The molecule has 1 saturated carbocycles. The number of aromatic nitrogens is 2. The number of hydrogen-bond acceptors (Lipinski definition) is 4. The topological polar surface area (TPSA) is 66.3 Å². The van der Waals surface area contributed by atoms with Gasteiger partial charge in [0.25, 0.3) is 0 Å². The standard InChI is InChI=1S/C15H23N3O2/c1-9-7-5-6-8-12(9)18(4)14-13(15(19)20)10(2)11(3)16-17-14/h9,12H,5-8H2,1-4H3,(H,19,20). The SMILES string of the molecule is Cc1nnc(N(C)C2CCCCC2C)c(C(=O)O)c1C. The molecule has 2 rings (SSSR count). The third-order valence-corrected chi connectivity index (χ3v) is 4.55. The Morgan fingerprint density at radius 3 is 2.50 bits per heavy atom. The molecule has 0 aliphatic heterocycles. The Balaban J connectivity index is 2.41. The lowest BCUT2D eigenvalue weighted by atomic mass is 9.85. The number of carbonyl (C=O) groups is 1. The highest BCUT2D eigenvalue weighted by molar-refractivity contribution is 5.95. The first-order valence-electron chi connectivity index (χ1n) is 7.23. The average Bonchev–Trinajstić information content (AvgIpc) is 2.41. The molecule has 2 unspecified atom stereocenters. The lowest BCUT2D eigenvalue weighted by Gasteiger charge is -2.37. The van der Waals surface area contributed by atoms with Crippen molar-refractivity contribution in [3.05, 3.63) is 16.8 Å². The molecule has 1 fully saturated rings. The fourth-order valence-corrected chi connectivity index (χ4v) is 3.13. The number of aryl methyl sites for hydroxylation is 1. The van der Waals surface area contributed by atoms with Crippen LogP contribution in [0.3, 0.4) is 0 Å². The van der Waals surface area contributed by atoms with E-state index in [0.29, 0.717) is 29.0 Å². The minimum absolute atomic E-state index is 0.290. The molecule has 0 bridgehead atoms. The Kier molecular flexibility index (Phi) is 4.26. The molecule has 2 atom stereocenters. The Labute approximate surface area is 120 Å². The number of nitrogens with zero attached hydrogens (tertiary/aromatic N) is 3. The summed E-state index contributed by atoms with van der Waals surface area (Å²) < 4.78 is 0. The molecular formula is C15H23N3O2. The van der Waals surface area contributed by atoms with Crippen LogP contribution in [-0.2, 0) is 0 Å². The highest BCUT2D eigenvalue weighted by Crippen LogP contribution is 2.31.